The van der Waals surface area contributed by atoms with Crippen molar-refractivity contribution >= 4 is 52.1 Å². The van der Waals surface area contributed by atoms with E-state index in [2.05, 4.69) is 20.9 Å². The number of carboxylic acid groups (broad SMARTS) is 2. The van der Waals surface area contributed by atoms with E-state index < -0.39 is 35.5 Å². The lowest BCUT2D eigenvalue weighted by Crippen LogP contribution is -2.66. The summed E-state index contributed by atoms with van der Waals surface area (Å²) in [5.74, 6) is -0.835. The fourth-order valence-electron chi connectivity index (χ4n) is 5.34. The molecule has 0 aliphatic carbocycles. The van der Waals surface area contributed by atoms with Crippen LogP contribution in [0.3, 0.4) is 0 Å². The number of carbonyl (C=O) groups is 5. The van der Waals surface area contributed by atoms with Gasteiger partial charge < -0.3 is 31.1 Å². The Morgan fingerprint density at radius 3 is 1.90 bits per heavy atom. The van der Waals surface area contributed by atoms with E-state index in [0.29, 0.717) is 35.6 Å². The number of aryl methyl sites for hydroxylation is 2. The highest BCUT2D eigenvalue weighted by Gasteiger charge is 2.43. The zero-order valence-electron chi connectivity index (χ0n) is 30.4. The SMILES string of the molecule is CC(=O)Nc1nc(CCc2ccc(NC(N(C(=O)O)C(C)(C)C)N(C(=O)O)C(C)(C)C)cc2)c(C(=O)NCCC(=O)N(C)Cc2ccccc2)s1. The molecular weight excluding hydrogens is 675 g/mol. The number of nitrogens with one attached hydrogen (secondary N) is 3. The maximum absolute atomic E-state index is 13.2. The second-order valence-corrected chi connectivity index (χ2v) is 15.1. The predicted molar refractivity (Wildman–Crippen MR) is 197 cm³/mol. The molecule has 1 aromatic heterocycles. The fourth-order valence-corrected chi connectivity index (χ4v) is 6.32. The van der Waals surface area contributed by atoms with E-state index in [9.17, 15) is 34.2 Å². The van der Waals surface area contributed by atoms with Crippen LogP contribution >= 0.6 is 11.3 Å². The minimum atomic E-state index is -1.28. The molecule has 1 heterocycles. The summed E-state index contributed by atoms with van der Waals surface area (Å²) in [7, 11) is 1.71. The number of benzene rings is 2. The smallest absolute Gasteiger partial charge is 0.410 e. The lowest BCUT2D eigenvalue weighted by molar-refractivity contribution is -0.130. The molecule has 276 valence electrons. The van der Waals surface area contributed by atoms with Crippen LogP contribution in [0.5, 0.6) is 0 Å². The highest BCUT2D eigenvalue weighted by molar-refractivity contribution is 7.17. The van der Waals surface area contributed by atoms with Crippen LogP contribution in [0.2, 0.25) is 0 Å². The molecule has 0 bridgehead atoms. The fraction of sp³-hybridized carbons (Fsp3) is 0.444. The minimum Gasteiger partial charge on any atom is -0.465 e. The van der Waals surface area contributed by atoms with Crippen LogP contribution in [0, 0.1) is 0 Å². The van der Waals surface area contributed by atoms with Crippen LogP contribution < -0.4 is 16.0 Å². The van der Waals surface area contributed by atoms with E-state index in [1.165, 1.54) is 6.92 Å². The molecule has 0 atom stereocenters. The van der Waals surface area contributed by atoms with Gasteiger partial charge in [-0.15, -0.1) is 0 Å². The molecule has 0 fully saturated rings. The van der Waals surface area contributed by atoms with Crippen molar-refractivity contribution in [1.29, 1.82) is 0 Å². The largest absolute Gasteiger partial charge is 0.465 e. The zero-order valence-corrected chi connectivity index (χ0v) is 31.3. The Balaban J connectivity index is 1.72. The summed E-state index contributed by atoms with van der Waals surface area (Å²) in [5.41, 5.74) is 0.986. The van der Waals surface area contributed by atoms with Crippen molar-refractivity contribution in [2.45, 2.75) is 91.6 Å². The highest BCUT2D eigenvalue weighted by Crippen LogP contribution is 2.28. The number of carbonyl (C=O) groups excluding carboxylic acids is 3. The molecule has 0 spiro atoms. The summed E-state index contributed by atoms with van der Waals surface area (Å²) in [6.45, 7) is 12.1. The molecule has 0 aliphatic heterocycles. The van der Waals surface area contributed by atoms with E-state index in [-0.39, 0.29) is 29.9 Å². The lowest BCUT2D eigenvalue weighted by atomic mass is 10.0. The third kappa shape index (κ3) is 11.7. The molecule has 0 unspecified atom stereocenters. The van der Waals surface area contributed by atoms with Crippen molar-refractivity contribution < 1.29 is 34.2 Å². The number of nitrogens with zero attached hydrogens (tertiary/aromatic N) is 4. The number of hydrogen-bond donors (Lipinski definition) is 5. The molecule has 2 aromatic carbocycles. The Labute approximate surface area is 302 Å². The molecule has 51 heavy (non-hydrogen) atoms. The second kappa shape index (κ2) is 17.2. The molecular formula is C36H49N7O7S. The van der Waals surface area contributed by atoms with Crippen molar-refractivity contribution in [3.8, 4) is 0 Å². The van der Waals surface area contributed by atoms with Gasteiger partial charge in [0.2, 0.25) is 11.8 Å². The molecule has 5 N–H and O–H groups in total. The number of amides is 5. The van der Waals surface area contributed by atoms with Crippen molar-refractivity contribution in [1.82, 2.24) is 25.0 Å². The normalized spacial score (nSPS) is 11.5. The van der Waals surface area contributed by atoms with Gasteiger partial charge in [0.25, 0.3) is 5.91 Å². The van der Waals surface area contributed by atoms with Gasteiger partial charge >= 0.3 is 12.2 Å². The molecule has 14 nitrogen and oxygen atoms in total. The summed E-state index contributed by atoms with van der Waals surface area (Å²) in [6.07, 6.45) is -2.85. The Kier molecular flexibility index (Phi) is 13.5. The lowest BCUT2D eigenvalue weighted by Gasteiger charge is -2.48. The maximum atomic E-state index is 13.2. The van der Waals surface area contributed by atoms with E-state index in [0.717, 1.165) is 32.3 Å². The number of anilines is 2. The van der Waals surface area contributed by atoms with Gasteiger partial charge in [-0.3, -0.25) is 24.2 Å². The van der Waals surface area contributed by atoms with Crippen LogP contribution in [0.1, 0.15) is 81.4 Å². The molecule has 0 saturated heterocycles. The highest BCUT2D eigenvalue weighted by atomic mass is 32.1. The summed E-state index contributed by atoms with van der Waals surface area (Å²) in [6, 6.07) is 16.7. The van der Waals surface area contributed by atoms with E-state index in [1.54, 1.807) is 65.6 Å². The van der Waals surface area contributed by atoms with Crippen LogP contribution in [-0.4, -0.2) is 90.8 Å². The maximum Gasteiger partial charge on any atom is 0.410 e. The van der Waals surface area contributed by atoms with Crippen molar-refractivity contribution in [3.63, 3.8) is 0 Å². The van der Waals surface area contributed by atoms with Crippen LogP contribution in [-0.2, 0) is 29.0 Å². The Hall–Kier alpha value is -5.18. The average molecular weight is 724 g/mol. The van der Waals surface area contributed by atoms with Crippen molar-refractivity contribution in [3.05, 3.63) is 76.3 Å². The third-order valence-electron chi connectivity index (χ3n) is 7.75. The quantitative estimate of drug-likeness (QED) is 0.126. The molecule has 15 heteroatoms. The van der Waals surface area contributed by atoms with E-state index in [1.807, 2.05) is 42.5 Å². The van der Waals surface area contributed by atoms with Gasteiger partial charge in [0, 0.05) is 50.2 Å². The van der Waals surface area contributed by atoms with Crippen LogP contribution in [0.4, 0.5) is 20.4 Å². The topological polar surface area (TPSA) is 185 Å². The molecule has 3 aromatic rings. The number of thiazole rings is 1. The van der Waals surface area contributed by atoms with Crippen LogP contribution in [0.15, 0.2) is 54.6 Å². The van der Waals surface area contributed by atoms with Crippen molar-refractivity contribution in [2.75, 3.05) is 24.2 Å². The van der Waals surface area contributed by atoms with Gasteiger partial charge in [-0.1, -0.05) is 53.8 Å². The predicted octanol–water partition coefficient (Wildman–Crippen LogP) is 5.92. The Morgan fingerprint density at radius 2 is 1.39 bits per heavy atom. The first-order chi connectivity index (χ1) is 23.8. The van der Waals surface area contributed by atoms with Gasteiger partial charge in [0.1, 0.15) is 4.88 Å². The standard InChI is InChI=1S/C36H49N7O7S/c1-23(44)38-31-40-27(29(51-31)30(46)37-21-20-28(45)41(8)22-25-12-10-9-11-13-25)19-16-24-14-17-26(18-15-24)39-32(42(33(47)48)35(2,3)4)43(34(49)50)36(5,6)7/h9-15,17-18,32,39H,16,19-22H2,1-8H3,(H,37,46)(H,47,48)(H,49,50)(H,38,40,44). The second-order valence-electron chi connectivity index (χ2n) is 14.1. The molecule has 0 aliphatic rings. The van der Waals surface area contributed by atoms with Gasteiger partial charge in [-0.25, -0.2) is 14.6 Å². The summed E-state index contributed by atoms with van der Waals surface area (Å²) >= 11 is 1.06. The first-order valence-electron chi connectivity index (χ1n) is 16.5. The minimum absolute atomic E-state index is 0.114. The van der Waals surface area contributed by atoms with Gasteiger partial charge in [0.05, 0.1) is 5.69 Å². The first kappa shape index (κ1) is 40.3. The van der Waals surface area contributed by atoms with Gasteiger partial charge in [-0.2, -0.15) is 0 Å². The van der Waals surface area contributed by atoms with Crippen molar-refractivity contribution in [2.24, 2.45) is 0 Å². The Bertz CT molecular complexity index is 1650. The van der Waals surface area contributed by atoms with Crippen LogP contribution in [0.25, 0.3) is 0 Å². The molecule has 0 saturated carbocycles. The summed E-state index contributed by atoms with van der Waals surface area (Å²) < 4.78 is 0. The molecule has 5 amide bonds. The summed E-state index contributed by atoms with van der Waals surface area (Å²) in [5, 5.41) is 29.1. The number of rotatable bonds is 14. The first-order valence-corrected chi connectivity index (χ1v) is 17.3. The van der Waals surface area contributed by atoms with E-state index in [4.69, 9.17) is 0 Å². The zero-order chi connectivity index (χ0) is 38.1. The number of hydrogen-bond acceptors (Lipinski definition) is 8. The molecule has 0 radical (unpaired) electrons. The van der Waals surface area contributed by atoms with Gasteiger partial charge in [0.15, 0.2) is 11.4 Å². The number of aromatic nitrogens is 1. The molecule has 3 rings (SSSR count). The van der Waals surface area contributed by atoms with Gasteiger partial charge in [-0.05, 0) is 77.6 Å². The van der Waals surface area contributed by atoms with E-state index >= 15 is 0 Å². The third-order valence-corrected chi connectivity index (χ3v) is 8.76. The summed E-state index contributed by atoms with van der Waals surface area (Å²) in [4.78, 5) is 71.0. The monoisotopic (exact) mass is 723 g/mol. The Morgan fingerprint density at radius 1 is 0.824 bits per heavy atom. The average Bonchev–Trinajstić information content (AvgIpc) is 3.41.